The van der Waals surface area contributed by atoms with Crippen LogP contribution < -0.4 is 11.5 Å². The highest BCUT2D eigenvalue weighted by atomic mass is 32.2. The van der Waals surface area contributed by atoms with Crippen LogP contribution in [-0.2, 0) is 19.1 Å². The van der Waals surface area contributed by atoms with E-state index in [-0.39, 0.29) is 0 Å². The quantitative estimate of drug-likeness (QED) is 0.439. The third-order valence-electron chi connectivity index (χ3n) is 1.51. The van der Waals surface area contributed by atoms with Crippen molar-refractivity contribution >= 4 is 16.1 Å². The molecule has 0 aromatic heterocycles. The minimum atomic E-state index is -3.75. The molecule has 0 aromatic rings. The van der Waals surface area contributed by atoms with Crippen molar-refractivity contribution in [3.63, 3.8) is 0 Å². The lowest BCUT2D eigenvalue weighted by Crippen LogP contribution is -2.33. The van der Waals surface area contributed by atoms with Crippen molar-refractivity contribution in [3.8, 4) is 0 Å². The highest BCUT2D eigenvalue weighted by Gasteiger charge is 2.18. The molecule has 7 heteroatoms. The van der Waals surface area contributed by atoms with E-state index in [1.165, 1.54) is 0 Å². The Balaban J connectivity index is 3.88. The molecule has 1 atom stereocenters. The van der Waals surface area contributed by atoms with Gasteiger partial charge in [0.2, 0.25) is 0 Å². The molecule has 14 heavy (non-hydrogen) atoms. The monoisotopic (exact) mass is 224 g/mol. The van der Waals surface area contributed by atoms with Gasteiger partial charge in [-0.05, 0) is 19.4 Å². The van der Waals surface area contributed by atoms with E-state index in [4.69, 9.17) is 11.5 Å². The lowest BCUT2D eigenvalue weighted by molar-refractivity contribution is -0.135. The maximum absolute atomic E-state index is 11.0. The zero-order valence-corrected chi connectivity index (χ0v) is 8.92. The summed E-state index contributed by atoms with van der Waals surface area (Å²) in [5, 5.41) is 0. The topological polar surface area (TPSA) is 112 Å². The van der Waals surface area contributed by atoms with Gasteiger partial charge in [-0.15, -0.1) is 0 Å². The molecule has 0 heterocycles. The van der Waals surface area contributed by atoms with Crippen LogP contribution in [0.25, 0.3) is 0 Å². The zero-order valence-electron chi connectivity index (χ0n) is 8.10. The van der Waals surface area contributed by atoms with Crippen LogP contribution >= 0.6 is 0 Å². The van der Waals surface area contributed by atoms with E-state index in [2.05, 4.69) is 4.18 Å². The molecule has 0 aliphatic heterocycles. The molecule has 0 amide bonds. The molecule has 0 saturated heterocycles. The predicted molar refractivity (Wildman–Crippen MR) is 51.8 cm³/mol. The van der Waals surface area contributed by atoms with Gasteiger partial charge in [-0.2, -0.15) is 8.42 Å². The predicted octanol–water partition coefficient (Wildman–Crippen LogP) is -1.05. The number of rotatable bonds is 6. The molecule has 0 aliphatic rings. The molecular weight excluding hydrogens is 208 g/mol. The molecule has 0 rings (SSSR count). The number of hydrogen-bond donors (Lipinski definition) is 2. The second kappa shape index (κ2) is 5.94. The summed E-state index contributed by atoms with van der Waals surface area (Å²) in [5.74, 6) is -0.912. The van der Waals surface area contributed by atoms with Crippen LogP contribution in [0.15, 0.2) is 0 Å². The summed E-state index contributed by atoms with van der Waals surface area (Å²) in [4.78, 5) is 11.0. The number of carbonyl (C=O) groups excluding carboxylic acids is 1. The van der Waals surface area contributed by atoms with E-state index in [0.717, 1.165) is 12.7 Å². The Hall–Kier alpha value is -0.660. The van der Waals surface area contributed by atoms with Crippen LogP contribution in [-0.4, -0.2) is 33.2 Å². The first-order valence-corrected chi connectivity index (χ1v) is 6.07. The highest BCUT2D eigenvalue weighted by molar-refractivity contribution is 7.86. The third-order valence-corrected chi connectivity index (χ3v) is 1.97. The van der Waals surface area contributed by atoms with Crippen molar-refractivity contribution in [2.45, 2.75) is 25.3 Å². The minimum Gasteiger partial charge on any atom is -0.344 e. The lowest BCUT2D eigenvalue weighted by atomic mass is 10.1. The summed E-state index contributed by atoms with van der Waals surface area (Å²) in [6, 6.07) is -0.892. The van der Waals surface area contributed by atoms with Crippen LogP contribution in [0.3, 0.4) is 0 Å². The molecule has 84 valence electrons. The molecule has 0 spiro atoms. The largest absolute Gasteiger partial charge is 0.344 e. The van der Waals surface area contributed by atoms with E-state index < -0.39 is 22.1 Å². The maximum Gasteiger partial charge on any atom is 0.338 e. The Morgan fingerprint density at radius 1 is 1.43 bits per heavy atom. The van der Waals surface area contributed by atoms with E-state index in [9.17, 15) is 13.2 Å². The van der Waals surface area contributed by atoms with Gasteiger partial charge in [0, 0.05) is 0 Å². The third kappa shape index (κ3) is 6.81. The Labute approximate surface area is 83.7 Å². The van der Waals surface area contributed by atoms with Gasteiger partial charge in [-0.1, -0.05) is 6.42 Å². The minimum absolute atomic E-state index is 0.381. The van der Waals surface area contributed by atoms with Crippen LogP contribution in [0.2, 0.25) is 0 Å². The molecule has 4 N–H and O–H groups in total. The Morgan fingerprint density at radius 2 is 2.00 bits per heavy atom. The summed E-state index contributed by atoms with van der Waals surface area (Å²) >= 11 is 0. The average Bonchev–Trinajstić information content (AvgIpc) is 2.01. The zero-order chi connectivity index (χ0) is 11.2. The summed E-state index contributed by atoms with van der Waals surface area (Å²) < 4.78 is 25.2. The van der Waals surface area contributed by atoms with Gasteiger partial charge < -0.3 is 15.7 Å². The van der Waals surface area contributed by atoms with Gasteiger partial charge in [0.15, 0.2) is 0 Å². The Kier molecular flexibility index (Phi) is 5.66. The van der Waals surface area contributed by atoms with Gasteiger partial charge in [-0.25, -0.2) is 4.79 Å². The lowest BCUT2D eigenvalue weighted by Gasteiger charge is -2.08. The number of hydrogen-bond acceptors (Lipinski definition) is 6. The van der Waals surface area contributed by atoms with Crippen molar-refractivity contribution in [1.29, 1.82) is 0 Å². The van der Waals surface area contributed by atoms with Crippen molar-refractivity contribution in [3.05, 3.63) is 0 Å². The Morgan fingerprint density at radius 3 is 2.43 bits per heavy atom. The molecule has 0 bridgehead atoms. The Bertz CT molecular complexity index is 275. The van der Waals surface area contributed by atoms with E-state index in [1.54, 1.807) is 0 Å². The molecular formula is C7H16N2O4S. The van der Waals surface area contributed by atoms with Crippen molar-refractivity contribution < 1.29 is 17.4 Å². The van der Waals surface area contributed by atoms with Crippen LogP contribution in [0.5, 0.6) is 0 Å². The molecule has 0 aliphatic carbocycles. The molecule has 0 aromatic carbocycles. The molecule has 0 saturated carbocycles. The van der Waals surface area contributed by atoms with Crippen LogP contribution in [0, 0.1) is 0 Å². The van der Waals surface area contributed by atoms with Gasteiger partial charge >= 0.3 is 16.1 Å². The van der Waals surface area contributed by atoms with E-state index in [0.29, 0.717) is 19.4 Å². The fraction of sp³-hybridized carbons (Fsp3) is 0.857. The summed E-state index contributed by atoms with van der Waals surface area (Å²) in [5.41, 5.74) is 10.6. The van der Waals surface area contributed by atoms with Crippen molar-refractivity contribution in [2.24, 2.45) is 11.5 Å². The fourth-order valence-corrected chi connectivity index (χ4v) is 1.26. The number of carbonyl (C=O) groups is 1. The van der Waals surface area contributed by atoms with Crippen LogP contribution in [0.4, 0.5) is 0 Å². The normalized spacial score (nSPS) is 13.6. The smallest absolute Gasteiger partial charge is 0.338 e. The van der Waals surface area contributed by atoms with E-state index in [1.807, 2.05) is 0 Å². The van der Waals surface area contributed by atoms with Gasteiger partial charge in [0.25, 0.3) is 0 Å². The second-order valence-corrected chi connectivity index (χ2v) is 4.57. The van der Waals surface area contributed by atoms with Crippen molar-refractivity contribution in [2.75, 3.05) is 12.8 Å². The first kappa shape index (κ1) is 13.3. The first-order chi connectivity index (χ1) is 6.37. The SMILES string of the molecule is CS(=O)(=O)OC(=O)[C@@H](N)CCCCN. The molecule has 0 radical (unpaired) electrons. The number of nitrogens with two attached hydrogens (primary N) is 2. The second-order valence-electron chi connectivity index (χ2n) is 3.00. The fourth-order valence-electron chi connectivity index (χ4n) is 0.837. The van der Waals surface area contributed by atoms with Gasteiger partial charge in [-0.3, -0.25) is 0 Å². The maximum atomic E-state index is 11.0. The summed E-state index contributed by atoms with van der Waals surface area (Å²) in [7, 11) is -3.75. The molecule has 6 nitrogen and oxygen atoms in total. The molecule has 0 unspecified atom stereocenters. The van der Waals surface area contributed by atoms with E-state index >= 15 is 0 Å². The summed E-state index contributed by atoms with van der Waals surface area (Å²) in [6.07, 6.45) is 2.61. The standard InChI is InChI=1S/C7H16N2O4S/c1-14(11,12)13-7(10)6(9)4-2-3-5-8/h6H,2-5,8-9H2,1H3/t6-/m0/s1. The van der Waals surface area contributed by atoms with Gasteiger partial charge in [0.1, 0.15) is 6.04 Å². The average molecular weight is 224 g/mol. The summed E-state index contributed by atoms with van der Waals surface area (Å²) in [6.45, 7) is 0.522. The van der Waals surface area contributed by atoms with Crippen LogP contribution in [0.1, 0.15) is 19.3 Å². The first-order valence-electron chi connectivity index (χ1n) is 4.26. The van der Waals surface area contributed by atoms with Crippen molar-refractivity contribution in [1.82, 2.24) is 0 Å². The highest BCUT2D eigenvalue weighted by Crippen LogP contribution is 2.01. The molecule has 0 fully saturated rings. The van der Waals surface area contributed by atoms with Gasteiger partial charge in [0.05, 0.1) is 6.26 Å². The number of unbranched alkanes of at least 4 members (excludes halogenated alkanes) is 1.